The van der Waals surface area contributed by atoms with Gasteiger partial charge in [-0.05, 0) is 6.92 Å². The van der Waals surface area contributed by atoms with Crippen LogP contribution in [0.1, 0.15) is 6.92 Å². The normalized spacial score (nSPS) is 9.86. The number of carbonyl (C=O) groups is 1. The fourth-order valence-electron chi connectivity index (χ4n) is 0.931. The first-order valence-electron chi connectivity index (χ1n) is 4.22. The lowest BCUT2D eigenvalue weighted by Crippen LogP contribution is -2.36. The molecule has 0 radical (unpaired) electrons. The Labute approximate surface area is 85.7 Å². The summed E-state index contributed by atoms with van der Waals surface area (Å²) in [5, 5.41) is 15.5. The van der Waals surface area contributed by atoms with Crippen LogP contribution < -0.4 is 5.32 Å². The molecule has 14 heavy (non-hydrogen) atoms. The van der Waals surface area contributed by atoms with Crippen LogP contribution in [0.2, 0.25) is 0 Å². The van der Waals surface area contributed by atoms with Crippen LogP contribution in [-0.2, 0) is 0 Å². The summed E-state index contributed by atoms with van der Waals surface area (Å²) in [5.41, 5.74) is 0. The van der Waals surface area contributed by atoms with Gasteiger partial charge in [-0.2, -0.15) is 0 Å². The fraction of sp³-hybridized carbons (Fsp3) is 0.571. The average Bonchev–Trinajstić information content (AvgIpc) is 2.66. The van der Waals surface area contributed by atoms with Crippen LogP contribution >= 0.6 is 11.5 Å². The Hall–Kier alpha value is -1.21. The summed E-state index contributed by atoms with van der Waals surface area (Å²) in [6, 6.07) is -0.243. The summed E-state index contributed by atoms with van der Waals surface area (Å²) in [7, 11) is 0. The zero-order valence-corrected chi connectivity index (χ0v) is 8.62. The second kappa shape index (κ2) is 5.51. The van der Waals surface area contributed by atoms with E-state index in [0.29, 0.717) is 18.1 Å². The van der Waals surface area contributed by atoms with E-state index in [9.17, 15) is 4.79 Å². The van der Waals surface area contributed by atoms with E-state index in [-0.39, 0.29) is 12.6 Å². The molecule has 7 heteroatoms. The molecule has 2 amide bonds. The molecule has 0 aromatic carbocycles. The highest BCUT2D eigenvalue weighted by molar-refractivity contribution is 7.10. The Morgan fingerprint density at radius 2 is 2.57 bits per heavy atom. The number of rotatable bonds is 4. The van der Waals surface area contributed by atoms with Crippen molar-refractivity contribution < 1.29 is 9.90 Å². The quantitative estimate of drug-likeness (QED) is 0.763. The van der Waals surface area contributed by atoms with Crippen LogP contribution in [0.15, 0.2) is 6.20 Å². The summed E-state index contributed by atoms with van der Waals surface area (Å²) in [6.45, 7) is 2.69. The monoisotopic (exact) mass is 216 g/mol. The highest BCUT2D eigenvalue weighted by atomic mass is 32.1. The van der Waals surface area contributed by atoms with Crippen molar-refractivity contribution in [1.82, 2.24) is 14.5 Å². The van der Waals surface area contributed by atoms with Crippen molar-refractivity contribution in [3.63, 3.8) is 0 Å². The number of carbonyl (C=O) groups excluding carboxylic acids is 1. The maximum Gasteiger partial charge on any atom is 0.322 e. The van der Waals surface area contributed by atoms with Crippen molar-refractivity contribution >= 4 is 22.6 Å². The van der Waals surface area contributed by atoms with Gasteiger partial charge in [-0.25, -0.2) is 4.79 Å². The van der Waals surface area contributed by atoms with E-state index in [4.69, 9.17) is 5.11 Å². The second-order valence-electron chi connectivity index (χ2n) is 2.52. The molecule has 0 aliphatic heterocycles. The number of aliphatic hydroxyl groups is 1. The van der Waals surface area contributed by atoms with Crippen LogP contribution in [0.5, 0.6) is 0 Å². The molecule has 1 heterocycles. The number of hydrogen-bond acceptors (Lipinski definition) is 5. The lowest BCUT2D eigenvalue weighted by Gasteiger charge is -2.19. The number of aromatic nitrogens is 2. The molecule has 0 bridgehead atoms. The molecule has 2 N–H and O–H groups in total. The molecular formula is C7H12N4O2S. The van der Waals surface area contributed by atoms with Crippen LogP contribution in [-0.4, -0.2) is 45.3 Å². The topological polar surface area (TPSA) is 78.4 Å². The lowest BCUT2D eigenvalue weighted by atomic mass is 10.5. The molecule has 0 unspecified atom stereocenters. The van der Waals surface area contributed by atoms with Crippen molar-refractivity contribution in [3.05, 3.63) is 6.20 Å². The number of likely N-dealkylation sites (N-methyl/N-ethyl adjacent to an activating group) is 1. The minimum atomic E-state index is -0.243. The highest BCUT2D eigenvalue weighted by Gasteiger charge is 2.11. The van der Waals surface area contributed by atoms with Crippen molar-refractivity contribution in [2.24, 2.45) is 0 Å². The van der Waals surface area contributed by atoms with E-state index in [2.05, 4.69) is 14.9 Å². The van der Waals surface area contributed by atoms with E-state index >= 15 is 0 Å². The van der Waals surface area contributed by atoms with E-state index in [0.717, 1.165) is 11.5 Å². The number of anilines is 1. The van der Waals surface area contributed by atoms with Crippen LogP contribution in [0.3, 0.4) is 0 Å². The summed E-state index contributed by atoms with van der Waals surface area (Å²) >= 11 is 1.12. The van der Waals surface area contributed by atoms with E-state index < -0.39 is 0 Å². The second-order valence-corrected chi connectivity index (χ2v) is 3.30. The van der Waals surface area contributed by atoms with E-state index in [1.807, 2.05) is 6.92 Å². The average molecular weight is 216 g/mol. The van der Waals surface area contributed by atoms with Crippen molar-refractivity contribution in [3.8, 4) is 0 Å². The van der Waals surface area contributed by atoms with Gasteiger partial charge in [-0.1, -0.05) is 4.49 Å². The largest absolute Gasteiger partial charge is 0.395 e. The highest BCUT2D eigenvalue weighted by Crippen LogP contribution is 2.09. The molecule has 0 aliphatic carbocycles. The van der Waals surface area contributed by atoms with Gasteiger partial charge in [0.15, 0.2) is 0 Å². The number of nitrogens with zero attached hydrogens (tertiary/aromatic N) is 3. The number of nitrogens with one attached hydrogen (secondary N) is 1. The third-order valence-corrected chi connectivity index (χ3v) is 2.21. The summed E-state index contributed by atoms with van der Waals surface area (Å²) in [5.74, 6) is 0. The molecule has 1 aromatic heterocycles. The Balaban J connectivity index is 2.47. The van der Waals surface area contributed by atoms with Gasteiger partial charge in [0.05, 0.1) is 12.8 Å². The van der Waals surface area contributed by atoms with Crippen molar-refractivity contribution in [2.75, 3.05) is 25.0 Å². The Kier molecular flexibility index (Phi) is 4.27. The van der Waals surface area contributed by atoms with Crippen LogP contribution in [0.25, 0.3) is 0 Å². The summed E-state index contributed by atoms with van der Waals surface area (Å²) < 4.78 is 3.62. The molecular weight excluding hydrogens is 204 g/mol. The first-order chi connectivity index (χ1) is 6.77. The van der Waals surface area contributed by atoms with E-state index in [1.165, 1.54) is 11.1 Å². The molecule has 78 valence electrons. The van der Waals surface area contributed by atoms with E-state index in [1.54, 1.807) is 0 Å². The van der Waals surface area contributed by atoms with Gasteiger partial charge in [0, 0.05) is 24.6 Å². The zero-order valence-electron chi connectivity index (χ0n) is 7.80. The standard InChI is InChI=1S/C7H12N4O2S/c1-2-11(3-4-12)7(13)9-6-5-8-10-14-6/h5,12H,2-4H2,1H3,(H,9,13). The number of urea groups is 1. The SMILES string of the molecule is CCN(CCO)C(=O)Nc1cnns1. The number of amides is 2. The fourth-order valence-corrected chi connectivity index (χ4v) is 1.34. The molecule has 1 aromatic rings. The molecule has 0 atom stereocenters. The molecule has 0 spiro atoms. The molecule has 1 rings (SSSR count). The number of aliphatic hydroxyl groups excluding tert-OH is 1. The van der Waals surface area contributed by atoms with Gasteiger partial charge in [0.1, 0.15) is 5.00 Å². The van der Waals surface area contributed by atoms with Gasteiger partial charge in [-0.15, -0.1) is 5.10 Å². The van der Waals surface area contributed by atoms with Crippen molar-refractivity contribution in [2.45, 2.75) is 6.92 Å². The summed E-state index contributed by atoms with van der Waals surface area (Å²) in [6.07, 6.45) is 1.48. The first-order valence-corrected chi connectivity index (χ1v) is 4.99. The third-order valence-electron chi connectivity index (χ3n) is 1.63. The Bertz CT molecular complexity index is 277. The predicted molar refractivity (Wildman–Crippen MR) is 53.3 cm³/mol. The molecule has 0 aliphatic rings. The maximum absolute atomic E-state index is 11.5. The van der Waals surface area contributed by atoms with Gasteiger partial charge in [0.2, 0.25) is 0 Å². The molecule has 0 saturated heterocycles. The zero-order chi connectivity index (χ0) is 10.4. The minimum Gasteiger partial charge on any atom is -0.395 e. The van der Waals surface area contributed by atoms with Gasteiger partial charge >= 0.3 is 6.03 Å². The van der Waals surface area contributed by atoms with Gasteiger partial charge in [0.25, 0.3) is 0 Å². The van der Waals surface area contributed by atoms with Gasteiger partial charge < -0.3 is 10.0 Å². The maximum atomic E-state index is 11.5. The Morgan fingerprint density at radius 1 is 1.79 bits per heavy atom. The van der Waals surface area contributed by atoms with Crippen LogP contribution in [0.4, 0.5) is 9.80 Å². The van der Waals surface area contributed by atoms with Crippen molar-refractivity contribution in [1.29, 1.82) is 0 Å². The molecule has 0 saturated carbocycles. The third kappa shape index (κ3) is 2.93. The summed E-state index contributed by atoms with van der Waals surface area (Å²) in [4.78, 5) is 13.0. The Morgan fingerprint density at radius 3 is 3.07 bits per heavy atom. The number of hydrogen-bond donors (Lipinski definition) is 2. The lowest BCUT2D eigenvalue weighted by molar-refractivity contribution is 0.192. The minimum absolute atomic E-state index is 0.0395. The van der Waals surface area contributed by atoms with Gasteiger partial charge in [-0.3, -0.25) is 5.32 Å². The molecule has 6 nitrogen and oxygen atoms in total. The smallest absolute Gasteiger partial charge is 0.322 e. The van der Waals surface area contributed by atoms with Crippen LogP contribution in [0, 0.1) is 0 Å². The molecule has 0 fully saturated rings. The predicted octanol–water partition coefficient (Wildman–Crippen LogP) is 0.384. The first kappa shape index (κ1) is 10.9.